The highest BCUT2D eigenvalue weighted by atomic mass is 16.2. The second-order valence-corrected chi connectivity index (χ2v) is 5.25. The summed E-state index contributed by atoms with van der Waals surface area (Å²) in [6, 6.07) is 15.4. The SMILES string of the molecule is Cc1cc(Cn2nnn(Cc3ccccc3)c2=O)ccc1N. The number of rotatable bonds is 4. The predicted molar refractivity (Wildman–Crippen MR) is 84.5 cm³/mol. The van der Waals surface area contributed by atoms with Crippen molar-refractivity contribution in [1.29, 1.82) is 0 Å². The fraction of sp³-hybridized carbons (Fsp3) is 0.188. The summed E-state index contributed by atoms with van der Waals surface area (Å²) in [6.07, 6.45) is 0. The lowest BCUT2D eigenvalue weighted by atomic mass is 10.1. The Bertz CT molecular complexity index is 835. The highest BCUT2D eigenvalue weighted by Crippen LogP contribution is 2.12. The van der Waals surface area contributed by atoms with E-state index in [1.165, 1.54) is 9.36 Å². The van der Waals surface area contributed by atoms with Gasteiger partial charge >= 0.3 is 5.69 Å². The fourth-order valence-corrected chi connectivity index (χ4v) is 2.27. The molecule has 0 aliphatic carbocycles. The molecule has 0 amide bonds. The van der Waals surface area contributed by atoms with Crippen LogP contribution in [0.1, 0.15) is 16.7 Å². The highest BCUT2D eigenvalue weighted by Gasteiger charge is 2.08. The van der Waals surface area contributed by atoms with Crippen molar-refractivity contribution in [3.05, 3.63) is 75.7 Å². The van der Waals surface area contributed by atoms with E-state index >= 15 is 0 Å². The van der Waals surface area contributed by atoms with Crippen molar-refractivity contribution in [2.24, 2.45) is 0 Å². The summed E-state index contributed by atoms with van der Waals surface area (Å²) >= 11 is 0. The maximum absolute atomic E-state index is 12.3. The molecule has 0 spiro atoms. The Labute approximate surface area is 127 Å². The summed E-state index contributed by atoms with van der Waals surface area (Å²) in [5.74, 6) is 0. The summed E-state index contributed by atoms with van der Waals surface area (Å²) in [5.41, 5.74) is 9.29. The molecular weight excluding hydrogens is 278 g/mol. The van der Waals surface area contributed by atoms with E-state index in [0.717, 1.165) is 22.4 Å². The van der Waals surface area contributed by atoms with Gasteiger partial charge < -0.3 is 5.73 Å². The van der Waals surface area contributed by atoms with Crippen molar-refractivity contribution in [2.45, 2.75) is 20.0 Å². The Morgan fingerprint density at radius 3 is 2.23 bits per heavy atom. The van der Waals surface area contributed by atoms with Gasteiger partial charge in [0.15, 0.2) is 0 Å². The van der Waals surface area contributed by atoms with Gasteiger partial charge in [0, 0.05) is 5.69 Å². The van der Waals surface area contributed by atoms with Crippen LogP contribution in [0.2, 0.25) is 0 Å². The Hall–Kier alpha value is -2.89. The molecule has 0 radical (unpaired) electrons. The molecule has 0 unspecified atom stereocenters. The Morgan fingerprint density at radius 1 is 0.955 bits per heavy atom. The van der Waals surface area contributed by atoms with E-state index in [1.54, 1.807) is 0 Å². The third-order valence-electron chi connectivity index (χ3n) is 3.54. The van der Waals surface area contributed by atoms with Gasteiger partial charge in [-0.25, -0.2) is 4.79 Å². The van der Waals surface area contributed by atoms with Crippen LogP contribution in [0, 0.1) is 6.92 Å². The highest BCUT2D eigenvalue weighted by molar-refractivity contribution is 5.47. The Morgan fingerprint density at radius 2 is 1.59 bits per heavy atom. The quantitative estimate of drug-likeness (QED) is 0.738. The van der Waals surface area contributed by atoms with Crippen LogP contribution in [0.5, 0.6) is 0 Å². The smallest absolute Gasteiger partial charge is 0.364 e. The van der Waals surface area contributed by atoms with Gasteiger partial charge in [-0.1, -0.05) is 42.5 Å². The zero-order chi connectivity index (χ0) is 15.5. The Balaban J connectivity index is 1.81. The molecule has 3 aromatic rings. The average Bonchev–Trinajstić information content (AvgIpc) is 2.85. The molecule has 6 heteroatoms. The monoisotopic (exact) mass is 295 g/mol. The molecule has 0 aliphatic rings. The summed E-state index contributed by atoms with van der Waals surface area (Å²) in [6.45, 7) is 2.74. The van der Waals surface area contributed by atoms with Crippen LogP contribution in [0.15, 0.2) is 53.3 Å². The van der Waals surface area contributed by atoms with E-state index in [9.17, 15) is 4.79 Å². The topological polar surface area (TPSA) is 78.7 Å². The summed E-state index contributed by atoms with van der Waals surface area (Å²) < 4.78 is 2.72. The summed E-state index contributed by atoms with van der Waals surface area (Å²) in [4.78, 5) is 12.3. The standard InChI is InChI=1S/C16H17N5O/c1-12-9-14(7-8-15(12)17)11-21-16(22)20(18-19-21)10-13-5-3-2-4-6-13/h2-9H,10-11,17H2,1H3. The molecule has 2 N–H and O–H groups in total. The minimum absolute atomic E-state index is 0.224. The van der Waals surface area contributed by atoms with Crippen LogP contribution in [0.4, 0.5) is 5.69 Å². The number of nitrogens with two attached hydrogens (primary N) is 1. The molecule has 0 bridgehead atoms. The molecule has 1 aromatic heterocycles. The molecule has 1 heterocycles. The first-order valence-corrected chi connectivity index (χ1v) is 7.03. The molecule has 22 heavy (non-hydrogen) atoms. The normalized spacial score (nSPS) is 10.8. The van der Waals surface area contributed by atoms with Crippen LogP contribution in [-0.4, -0.2) is 19.8 Å². The number of nitrogen functional groups attached to an aromatic ring is 1. The minimum atomic E-state index is -0.224. The third-order valence-corrected chi connectivity index (χ3v) is 3.54. The van der Waals surface area contributed by atoms with Crippen molar-refractivity contribution in [1.82, 2.24) is 19.8 Å². The second kappa shape index (κ2) is 5.85. The number of hydrogen-bond donors (Lipinski definition) is 1. The van der Waals surface area contributed by atoms with Crippen molar-refractivity contribution < 1.29 is 0 Å². The second-order valence-electron chi connectivity index (χ2n) is 5.25. The van der Waals surface area contributed by atoms with Crippen LogP contribution in [0.3, 0.4) is 0 Å². The van der Waals surface area contributed by atoms with Crippen molar-refractivity contribution in [3.8, 4) is 0 Å². The van der Waals surface area contributed by atoms with E-state index in [2.05, 4.69) is 10.4 Å². The van der Waals surface area contributed by atoms with Crippen molar-refractivity contribution in [2.75, 3.05) is 5.73 Å². The van der Waals surface area contributed by atoms with Crippen molar-refractivity contribution in [3.63, 3.8) is 0 Å². The van der Waals surface area contributed by atoms with Gasteiger partial charge in [-0.3, -0.25) is 0 Å². The zero-order valence-corrected chi connectivity index (χ0v) is 12.3. The first-order chi connectivity index (χ1) is 10.6. The van der Waals surface area contributed by atoms with Crippen LogP contribution in [-0.2, 0) is 13.1 Å². The van der Waals surface area contributed by atoms with E-state index in [0.29, 0.717) is 13.1 Å². The number of hydrogen-bond acceptors (Lipinski definition) is 4. The number of benzene rings is 2. The third kappa shape index (κ3) is 2.90. The van der Waals surface area contributed by atoms with Gasteiger partial charge in [0.25, 0.3) is 0 Å². The molecule has 2 aromatic carbocycles. The lowest BCUT2D eigenvalue weighted by Crippen LogP contribution is -2.26. The lowest BCUT2D eigenvalue weighted by molar-refractivity contribution is 0.627. The molecule has 6 nitrogen and oxygen atoms in total. The molecule has 0 fully saturated rings. The molecule has 0 saturated carbocycles. The largest absolute Gasteiger partial charge is 0.399 e. The van der Waals surface area contributed by atoms with Gasteiger partial charge in [0.2, 0.25) is 0 Å². The maximum Gasteiger partial charge on any atom is 0.364 e. The maximum atomic E-state index is 12.3. The number of aryl methyl sites for hydroxylation is 1. The van der Waals surface area contributed by atoms with Crippen LogP contribution in [0.25, 0.3) is 0 Å². The van der Waals surface area contributed by atoms with Gasteiger partial charge in [0.1, 0.15) is 0 Å². The zero-order valence-electron chi connectivity index (χ0n) is 12.3. The molecule has 0 atom stereocenters. The number of anilines is 1. The first kappa shape index (κ1) is 14.1. The minimum Gasteiger partial charge on any atom is -0.399 e. The van der Waals surface area contributed by atoms with E-state index in [-0.39, 0.29) is 5.69 Å². The van der Waals surface area contributed by atoms with Crippen LogP contribution >= 0.6 is 0 Å². The van der Waals surface area contributed by atoms with Gasteiger partial charge in [0.05, 0.1) is 13.1 Å². The van der Waals surface area contributed by atoms with E-state index in [4.69, 9.17) is 5.73 Å². The molecule has 0 aliphatic heterocycles. The lowest BCUT2D eigenvalue weighted by Gasteiger charge is -2.04. The Kier molecular flexibility index (Phi) is 3.74. The molecule has 0 saturated heterocycles. The molecule has 3 rings (SSSR count). The van der Waals surface area contributed by atoms with Gasteiger partial charge in [-0.05, 0) is 40.1 Å². The van der Waals surface area contributed by atoms with E-state index in [1.807, 2.05) is 55.5 Å². The molecular formula is C16H17N5O. The summed E-state index contributed by atoms with van der Waals surface area (Å²) in [5, 5.41) is 7.88. The first-order valence-electron chi connectivity index (χ1n) is 7.03. The average molecular weight is 295 g/mol. The number of nitrogens with zero attached hydrogens (tertiary/aromatic N) is 4. The van der Waals surface area contributed by atoms with Gasteiger partial charge in [-0.2, -0.15) is 9.36 Å². The van der Waals surface area contributed by atoms with Crippen molar-refractivity contribution >= 4 is 5.69 Å². The molecule has 112 valence electrons. The van der Waals surface area contributed by atoms with Crippen LogP contribution < -0.4 is 11.4 Å². The summed E-state index contributed by atoms with van der Waals surface area (Å²) in [7, 11) is 0. The van der Waals surface area contributed by atoms with Gasteiger partial charge in [-0.15, -0.1) is 0 Å². The van der Waals surface area contributed by atoms with E-state index < -0.39 is 0 Å². The number of aromatic nitrogens is 4. The fourth-order valence-electron chi connectivity index (χ4n) is 2.27. The predicted octanol–water partition coefficient (Wildman–Crippen LogP) is 1.43. The number of tetrazole rings is 1.